The smallest absolute Gasteiger partial charge is 0.262 e. The summed E-state index contributed by atoms with van der Waals surface area (Å²) >= 11 is 2.53. The minimum absolute atomic E-state index is 0.0566. The molecule has 10 nitrogen and oxygen atoms in total. The third kappa shape index (κ3) is 8.45. The Bertz CT molecular complexity index is 1710. The molecule has 0 saturated heterocycles. The first-order valence-corrected chi connectivity index (χ1v) is 18.8. The van der Waals surface area contributed by atoms with Crippen LogP contribution < -0.4 is 21.8 Å². The van der Waals surface area contributed by atoms with Crippen LogP contribution in [0.1, 0.15) is 70.6 Å². The van der Waals surface area contributed by atoms with Crippen molar-refractivity contribution < 1.29 is 9.59 Å². The van der Waals surface area contributed by atoms with Crippen LogP contribution in [0, 0.1) is 0 Å². The van der Waals surface area contributed by atoms with Gasteiger partial charge >= 0.3 is 0 Å². The minimum atomic E-state index is -0.177. The van der Waals surface area contributed by atoms with E-state index in [-0.39, 0.29) is 46.5 Å². The number of rotatable bonds is 12. The number of carbonyl (C=O) groups excluding carboxylic acids is 2. The van der Waals surface area contributed by atoms with Crippen molar-refractivity contribution >= 4 is 57.1 Å². The fourth-order valence-corrected chi connectivity index (χ4v) is 8.26. The molecule has 4 aromatic rings. The Morgan fingerprint density at radius 1 is 0.638 bits per heavy atom. The van der Waals surface area contributed by atoms with Gasteiger partial charge in [0.25, 0.3) is 11.1 Å². The second-order valence-corrected chi connectivity index (χ2v) is 14.4. The van der Waals surface area contributed by atoms with Crippen LogP contribution in [0.2, 0.25) is 0 Å². The fourth-order valence-electron chi connectivity index (χ4n) is 6.59. The molecule has 12 heteroatoms. The lowest BCUT2D eigenvalue weighted by Gasteiger charge is -2.22. The zero-order valence-electron chi connectivity index (χ0n) is 26.6. The van der Waals surface area contributed by atoms with E-state index < -0.39 is 0 Å². The molecule has 0 radical (unpaired) electrons. The number of aromatic nitrogens is 4. The van der Waals surface area contributed by atoms with Crippen LogP contribution in [0.4, 0.5) is 0 Å². The highest BCUT2D eigenvalue weighted by molar-refractivity contribution is 8.00. The molecule has 2 N–H and O–H groups in total. The number of carbonyl (C=O) groups is 2. The molecule has 248 valence electrons. The van der Waals surface area contributed by atoms with Gasteiger partial charge in [0.05, 0.1) is 33.3 Å². The SMILES string of the molecule is O=C(CSc1nc2ccccc2c(=O)n1CCCn1c(SCC(=O)NC2CCCCC2)nc2ccccc2c1=O)NC1CCCCC1. The van der Waals surface area contributed by atoms with E-state index in [0.29, 0.717) is 51.6 Å². The number of para-hydroxylation sites is 2. The molecule has 0 atom stereocenters. The van der Waals surface area contributed by atoms with E-state index in [4.69, 9.17) is 9.97 Å². The van der Waals surface area contributed by atoms with Crippen molar-refractivity contribution in [3.8, 4) is 0 Å². The lowest BCUT2D eigenvalue weighted by Crippen LogP contribution is -2.37. The number of nitrogens with zero attached hydrogens (tertiary/aromatic N) is 4. The van der Waals surface area contributed by atoms with Crippen molar-refractivity contribution in [2.75, 3.05) is 11.5 Å². The van der Waals surface area contributed by atoms with Gasteiger partial charge in [0, 0.05) is 25.2 Å². The molecule has 2 heterocycles. The number of thioether (sulfide) groups is 2. The molecule has 2 saturated carbocycles. The number of amides is 2. The van der Waals surface area contributed by atoms with Gasteiger partial charge in [0.2, 0.25) is 11.8 Å². The number of benzene rings is 2. The summed E-state index contributed by atoms with van der Waals surface area (Å²) < 4.78 is 3.23. The van der Waals surface area contributed by atoms with Crippen molar-refractivity contribution in [1.29, 1.82) is 0 Å². The first kappa shape index (κ1) is 33.3. The Morgan fingerprint density at radius 3 is 1.47 bits per heavy atom. The normalized spacial score (nSPS) is 16.0. The molecule has 2 amide bonds. The van der Waals surface area contributed by atoms with Crippen LogP contribution >= 0.6 is 23.5 Å². The third-order valence-corrected chi connectivity index (χ3v) is 11.0. The molecular formula is C35H42N6O4S2. The Kier molecular flexibility index (Phi) is 11.3. The van der Waals surface area contributed by atoms with Gasteiger partial charge in [-0.05, 0) is 56.4 Å². The Hall–Kier alpha value is -3.64. The number of hydrogen-bond donors (Lipinski definition) is 2. The van der Waals surface area contributed by atoms with Crippen molar-refractivity contribution in [3.63, 3.8) is 0 Å². The highest BCUT2D eigenvalue weighted by Gasteiger charge is 2.20. The second-order valence-electron chi connectivity index (χ2n) is 12.5. The molecule has 2 aromatic heterocycles. The Balaban J connectivity index is 1.19. The quantitative estimate of drug-likeness (QED) is 0.154. The van der Waals surface area contributed by atoms with Crippen LogP contribution in [0.15, 0.2) is 68.4 Å². The van der Waals surface area contributed by atoms with Crippen molar-refractivity contribution in [2.45, 2.75) is 106 Å². The fraction of sp³-hybridized carbons (Fsp3) is 0.486. The van der Waals surface area contributed by atoms with Crippen molar-refractivity contribution in [2.24, 2.45) is 0 Å². The summed E-state index contributed by atoms with van der Waals surface area (Å²) in [7, 11) is 0. The highest BCUT2D eigenvalue weighted by Crippen LogP contribution is 2.22. The average molecular weight is 675 g/mol. The van der Waals surface area contributed by atoms with Crippen molar-refractivity contribution in [3.05, 3.63) is 69.2 Å². The molecule has 6 rings (SSSR count). The maximum Gasteiger partial charge on any atom is 0.262 e. The number of nitrogens with one attached hydrogen (secondary N) is 2. The topological polar surface area (TPSA) is 128 Å². The molecule has 0 spiro atoms. The molecular weight excluding hydrogens is 633 g/mol. The van der Waals surface area contributed by atoms with Crippen molar-refractivity contribution in [1.82, 2.24) is 29.7 Å². The summed E-state index contributed by atoms with van der Waals surface area (Å²) in [6, 6.07) is 14.9. The summed E-state index contributed by atoms with van der Waals surface area (Å²) in [6.07, 6.45) is 11.4. The molecule has 0 aliphatic heterocycles. The molecule has 2 aliphatic rings. The molecule has 2 aliphatic carbocycles. The zero-order valence-corrected chi connectivity index (χ0v) is 28.3. The van der Waals surface area contributed by atoms with Gasteiger partial charge in [-0.2, -0.15) is 0 Å². The van der Waals surface area contributed by atoms with Gasteiger partial charge < -0.3 is 10.6 Å². The van der Waals surface area contributed by atoms with Crippen LogP contribution in [0.5, 0.6) is 0 Å². The van der Waals surface area contributed by atoms with Gasteiger partial charge in [-0.3, -0.25) is 28.3 Å². The summed E-state index contributed by atoms with van der Waals surface area (Å²) in [4.78, 5) is 62.6. The number of fused-ring (bicyclic) bond motifs is 2. The van der Waals surface area contributed by atoms with Crippen LogP contribution in [0.25, 0.3) is 21.8 Å². The van der Waals surface area contributed by atoms with Gasteiger partial charge in [0.1, 0.15) is 0 Å². The largest absolute Gasteiger partial charge is 0.353 e. The molecule has 2 aromatic carbocycles. The predicted molar refractivity (Wildman–Crippen MR) is 188 cm³/mol. The van der Waals surface area contributed by atoms with Crippen LogP contribution in [0.3, 0.4) is 0 Å². The van der Waals surface area contributed by atoms with Crippen LogP contribution in [-0.2, 0) is 22.7 Å². The highest BCUT2D eigenvalue weighted by atomic mass is 32.2. The third-order valence-electron chi connectivity index (χ3n) is 9.02. The first-order chi connectivity index (χ1) is 23.0. The summed E-state index contributed by atoms with van der Waals surface area (Å²) in [5, 5.41) is 8.26. The van der Waals surface area contributed by atoms with Gasteiger partial charge in [0.15, 0.2) is 10.3 Å². The zero-order chi connectivity index (χ0) is 32.6. The molecule has 0 bridgehead atoms. The second kappa shape index (κ2) is 16.0. The van der Waals surface area contributed by atoms with E-state index in [1.807, 2.05) is 36.4 Å². The maximum atomic E-state index is 13.7. The molecule has 47 heavy (non-hydrogen) atoms. The number of hydrogen-bond acceptors (Lipinski definition) is 8. The first-order valence-electron chi connectivity index (χ1n) is 16.8. The van der Waals surface area contributed by atoms with E-state index >= 15 is 0 Å². The van der Waals surface area contributed by atoms with E-state index in [1.54, 1.807) is 21.3 Å². The summed E-state index contributed by atoms with van der Waals surface area (Å²) in [5.41, 5.74) is 0.820. The summed E-state index contributed by atoms with van der Waals surface area (Å²) in [5.74, 6) is 0.218. The van der Waals surface area contributed by atoms with E-state index in [9.17, 15) is 19.2 Å². The Labute approximate surface area is 282 Å². The monoisotopic (exact) mass is 674 g/mol. The average Bonchev–Trinajstić information content (AvgIpc) is 3.09. The van der Waals surface area contributed by atoms with Gasteiger partial charge in [-0.15, -0.1) is 0 Å². The lowest BCUT2D eigenvalue weighted by molar-refractivity contribution is -0.120. The van der Waals surface area contributed by atoms with E-state index in [0.717, 1.165) is 51.4 Å². The maximum absolute atomic E-state index is 13.7. The van der Waals surface area contributed by atoms with Gasteiger partial charge in [-0.25, -0.2) is 9.97 Å². The Morgan fingerprint density at radius 2 is 1.04 bits per heavy atom. The standard InChI is InChI=1S/C35H42N6O4S2/c42-30(36-24-12-3-1-4-13-24)22-46-34-38-28-18-9-7-16-26(28)32(44)40(34)20-11-21-41-33(45)27-17-8-10-19-29(27)39-35(41)47-23-31(43)37-25-14-5-2-6-15-25/h7-10,16-19,24-25H,1-6,11-15,20-23H2,(H,36,42)(H,37,43). The molecule has 2 fully saturated rings. The molecule has 0 unspecified atom stereocenters. The predicted octanol–water partition coefficient (Wildman–Crippen LogP) is 5.28. The van der Waals surface area contributed by atoms with Gasteiger partial charge in [-0.1, -0.05) is 86.3 Å². The van der Waals surface area contributed by atoms with E-state index in [2.05, 4.69) is 10.6 Å². The lowest BCUT2D eigenvalue weighted by atomic mass is 9.95. The van der Waals surface area contributed by atoms with Crippen LogP contribution in [-0.4, -0.2) is 54.5 Å². The summed E-state index contributed by atoms with van der Waals surface area (Å²) in [6.45, 7) is 0.601. The van der Waals surface area contributed by atoms with E-state index in [1.165, 1.54) is 36.4 Å². The minimum Gasteiger partial charge on any atom is -0.353 e.